The largest absolute Gasteiger partial charge is 0.469 e. The highest BCUT2D eigenvalue weighted by molar-refractivity contribution is 5.93. The van der Waals surface area contributed by atoms with Gasteiger partial charge in [0, 0.05) is 12.3 Å². The van der Waals surface area contributed by atoms with Crippen molar-refractivity contribution in [1.29, 1.82) is 0 Å². The van der Waals surface area contributed by atoms with Gasteiger partial charge >= 0.3 is 11.9 Å². The quantitative estimate of drug-likeness (QED) is 0.643. The summed E-state index contributed by atoms with van der Waals surface area (Å²) in [7, 11) is 1.32. The average molecular weight is 304 g/mol. The van der Waals surface area contributed by atoms with Crippen LogP contribution in [0.3, 0.4) is 0 Å². The van der Waals surface area contributed by atoms with Crippen LogP contribution in [-0.2, 0) is 27.2 Å². The monoisotopic (exact) mass is 304 g/mol. The third kappa shape index (κ3) is 3.24. The fourth-order valence-electron chi connectivity index (χ4n) is 2.47. The Morgan fingerprint density at radius 3 is 2.55 bits per heavy atom. The predicted molar refractivity (Wildman–Crippen MR) is 80.3 cm³/mol. The molecule has 0 fully saturated rings. The van der Waals surface area contributed by atoms with Crippen LogP contribution in [0.4, 0.5) is 4.39 Å². The molecule has 2 rings (SSSR count). The van der Waals surface area contributed by atoms with Gasteiger partial charge in [0.25, 0.3) is 0 Å². The second kappa shape index (κ2) is 6.56. The maximum Gasteiger partial charge on any atom is 0.309 e. The second-order valence-electron chi connectivity index (χ2n) is 4.91. The van der Waals surface area contributed by atoms with Crippen molar-refractivity contribution in [3.05, 3.63) is 41.2 Å². The molecule has 0 heterocycles. The van der Waals surface area contributed by atoms with Crippen molar-refractivity contribution in [3.63, 3.8) is 0 Å². The number of esters is 2. The van der Waals surface area contributed by atoms with Crippen LogP contribution in [0.25, 0.3) is 10.8 Å². The summed E-state index contributed by atoms with van der Waals surface area (Å²) in [4.78, 5) is 23.0. The average Bonchev–Trinajstić information content (AvgIpc) is 2.47. The van der Waals surface area contributed by atoms with E-state index in [0.717, 1.165) is 0 Å². The first-order chi connectivity index (χ1) is 10.5. The van der Waals surface area contributed by atoms with Gasteiger partial charge in [-0.1, -0.05) is 19.1 Å². The first-order valence-electron chi connectivity index (χ1n) is 6.95. The first-order valence-corrected chi connectivity index (χ1v) is 6.95. The van der Waals surface area contributed by atoms with E-state index in [9.17, 15) is 14.0 Å². The third-order valence-electron chi connectivity index (χ3n) is 3.41. The highest BCUT2D eigenvalue weighted by Crippen LogP contribution is 2.34. The smallest absolute Gasteiger partial charge is 0.309 e. The van der Waals surface area contributed by atoms with Gasteiger partial charge in [0.15, 0.2) is 0 Å². The van der Waals surface area contributed by atoms with E-state index in [1.54, 1.807) is 12.1 Å². The van der Waals surface area contributed by atoms with Gasteiger partial charge < -0.3 is 9.47 Å². The number of hydrogen-bond donors (Lipinski definition) is 0. The Hall–Kier alpha value is -2.43. The Morgan fingerprint density at radius 1 is 1.23 bits per heavy atom. The Morgan fingerprint density at radius 2 is 1.95 bits per heavy atom. The molecule has 0 saturated heterocycles. The normalized spacial score (nSPS) is 10.5. The Bertz CT molecular complexity index is 737. The van der Waals surface area contributed by atoms with Crippen molar-refractivity contribution in [2.75, 3.05) is 7.11 Å². The van der Waals surface area contributed by atoms with E-state index < -0.39 is 11.8 Å². The summed E-state index contributed by atoms with van der Waals surface area (Å²) in [5.41, 5.74) is 1.42. The highest BCUT2D eigenvalue weighted by atomic mass is 19.1. The van der Waals surface area contributed by atoms with Crippen LogP contribution in [-0.4, -0.2) is 19.0 Å². The number of carbonyl (C=O) groups excluding carboxylic acids is 2. The molecule has 0 amide bonds. The summed E-state index contributed by atoms with van der Waals surface area (Å²) < 4.78 is 23.5. The van der Waals surface area contributed by atoms with Crippen molar-refractivity contribution in [1.82, 2.24) is 0 Å². The van der Waals surface area contributed by atoms with Gasteiger partial charge in [-0.25, -0.2) is 4.39 Å². The maximum atomic E-state index is 13.5. The molecule has 0 saturated carbocycles. The number of methoxy groups -OCH3 is 1. The molecule has 0 unspecified atom stereocenters. The number of rotatable bonds is 4. The van der Waals surface area contributed by atoms with E-state index >= 15 is 0 Å². The molecular weight excluding hydrogens is 287 g/mol. The molecule has 2 aromatic rings. The minimum atomic E-state index is -0.490. The first kappa shape index (κ1) is 15.9. The van der Waals surface area contributed by atoms with Crippen LogP contribution in [0.1, 0.15) is 25.0 Å². The topological polar surface area (TPSA) is 52.6 Å². The lowest BCUT2D eigenvalue weighted by Gasteiger charge is -2.16. The molecule has 0 radical (unpaired) electrons. The van der Waals surface area contributed by atoms with Gasteiger partial charge in [0.1, 0.15) is 11.6 Å². The van der Waals surface area contributed by atoms with Crippen LogP contribution >= 0.6 is 0 Å². The van der Waals surface area contributed by atoms with Gasteiger partial charge in [-0.3, -0.25) is 9.59 Å². The van der Waals surface area contributed by atoms with E-state index in [0.29, 0.717) is 34.1 Å². The molecule has 0 aliphatic carbocycles. The zero-order chi connectivity index (χ0) is 16.3. The third-order valence-corrected chi connectivity index (χ3v) is 3.41. The van der Waals surface area contributed by atoms with E-state index in [1.165, 1.54) is 26.2 Å². The van der Waals surface area contributed by atoms with Gasteiger partial charge in [-0.05, 0) is 35.1 Å². The summed E-state index contributed by atoms with van der Waals surface area (Å²) in [5, 5.41) is 1.22. The zero-order valence-electron chi connectivity index (χ0n) is 12.7. The van der Waals surface area contributed by atoms with Gasteiger partial charge in [-0.15, -0.1) is 0 Å². The van der Waals surface area contributed by atoms with Crippen molar-refractivity contribution >= 4 is 22.7 Å². The van der Waals surface area contributed by atoms with Crippen LogP contribution in [0.5, 0.6) is 5.75 Å². The molecule has 0 aliphatic rings. The molecule has 0 N–H and O–H groups in total. The van der Waals surface area contributed by atoms with E-state index in [1.807, 2.05) is 6.92 Å². The van der Waals surface area contributed by atoms with E-state index in [-0.39, 0.29) is 12.4 Å². The van der Waals surface area contributed by atoms with Crippen LogP contribution in [0.2, 0.25) is 0 Å². The molecule has 0 bridgehead atoms. The number of benzene rings is 2. The lowest BCUT2D eigenvalue weighted by Crippen LogP contribution is -2.10. The Balaban J connectivity index is 2.72. The summed E-state index contributed by atoms with van der Waals surface area (Å²) in [6.45, 7) is 3.17. The van der Waals surface area contributed by atoms with Gasteiger partial charge in [0.05, 0.1) is 13.5 Å². The molecule has 116 valence electrons. The summed E-state index contributed by atoms with van der Waals surface area (Å²) >= 11 is 0. The number of ether oxygens (including phenoxy) is 2. The minimum Gasteiger partial charge on any atom is -0.469 e. The molecule has 4 nitrogen and oxygen atoms in total. The molecular formula is C17H17FO4. The van der Waals surface area contributed by atoms with Crippen LogP contribution in [0.15, 0.2) is 24.3 Å². The Labute approximate surface area is 127 Å². The van der Waals surface area contributed by atoms with E-state index in [4.69, 9.17) is 9.47 Å². The van der Waals surface area contributed by atoms with Crippen LogP contribution < -0.4 is 4.74 Å². The lowest BCUT2D eigenvalue weighted by atomic mass is 9.95. The summed E-state index contributed by atoms with van der Waals surface area (Å²) in [6, 6.07) is 6.05. The molecule has 0 atom stereocenters. The highest BCUT2D eigenvalue weighted by Gasteiger charge is 2.18. The second-order valence-corrected chi connectivity index (χ2v) is 4.91. The van der Waals surface area contributed by atoms with Crippen molar-refractivity contribution in [2.45, 2.75) is 26.7 Å². The zero-order valence-corrected chi connectivity index (χ0v) is 12.7. The summed E-state index contributed by atoms with van der Waals surface area (Å²) in [6.07, 6.45) is 0.614. The molecule has 5 heteroatoms. The Kier molecular flexibility index (Phi) is 4.75. The van der Waals surface area contributed by atoms with Crippen molar-refractivity contribution in [2.24, 2.45) is 0 Å². The number of hydrogen-bond acceptors (Lipinski definition) is 4. The van der Waals surface area contributed by atoms with Gasteiger partial charge in [-0.2, -0.15) is 0 Å². The van der Waals surface area contributed by atoms with Gasteiger partial charge in [0.2, 0.25) is 0 Å². The molecule has 0 aliphatic heterocycles. The van der Waals surface area contributed by atoms with Crippen molar-refractivity contribution in [3.8, 4) is 5.75 Å². The fourth-order valence-corrected chi connectivity index (χ4v) is 2.47. The standard InChI is InChI=1S/C17H17FO4/c1-4-14-12(8-16(20)21-3)7-11-5-6-13(18)9-15(11)17(14)22-10(2)19/h5-7,9H,4,8H2,1-3H3. The minimum absolute atomic E-state index is 0.0707. The fraction of sp³-hybridized carbons (Fsp3) is 0.294. The summed E-state index contributed by atoms with van der Waals surface area (Å²) in [5.74, 6) is -0.977. The number of fused-ring (bicyclic) bond motifs is 1. The molecule has 2 aromatic carbocycles. The predicted octanol–water partition coefficient (Wildman–Crippen LogP) is 3.18. The maximum absolute atomic E-state index is 13.5. The number of carbonyl (C=O) groups is 2. The molecule has 0 spiro atoms. The lowest BCUT2D eigenvalue weighted by molar-refractivity contribution is -0.139. The molecule has 0 aromatic heterocycles. The molecule has 22 heavy (non-hydrogen) atoms. The number of halogens is 1. The van der Waals surface area contributed by atoms with E-state index in [2.05, 4.69) is 0 Å². The van der Waals surface area contributed by atoms with Crippen molar-refractivity contribution < 1.29 is 23.5 Å². The van der Waals surface area contributed by atoms with Crippen LogP contribution in [0, 0.1) is 5.82 Å². The SMILES string of the molecule is CCc1c(CC(=O)OC)cc2ccc(F)cc2c1OC(C)=O.